The predicted molar refractivity (Wildman–Crippen MR) is 81.7 cm³/mol. The maximum Gasteiger partial charge on any atom is 0.343 e. The van der Waals surface area contributed by atoms with Crippen molar-refractivity contribution in [3.05, 3.63) is 29.3 Å². The lowest BCUT2D eigenvalue weighted by atomic mass is 10.2. The summed E-state index contributed by atoms with van der Waals surface area (Å²) in [5, 5.41) is -2.32. The molecule has 13 heteroatoms. The van der Waals surface area contributed by atoms with Gasteiger partial charge in [-0.15, -0.1) is 4.48 Å². The van der Waals surface area contributed by atoms with Gasteiger partial charge in [0.1, 0.15) is 23.0 Å². The molecule has 0 fully saturated rings. The van der Waals surface area contributed by atoms with Crippen molar-refractivity contribution in [3.63, 3.8) is 0 Å². The summed E-state index contributed by atoms with van der Waals surface area (Å²) in [6.07, 6.45) is -0.606. The van der Waals surface area contributed by atoms with Crippen molar-refractivity contribution in [2.45, 2.75) is 23.6 Å². The van der Waals surface area contributed by atoms with Crippen LogP contribution in [0.4, 0.5) is 17.7 Å². The summed E-state index contributed by atoms with van der Waals surface area (Å²) in [6.45, 7) is -0.270. The number of benzene rings is 1. The number of sulfone groups is 1. The number of rotatable bonds is 8. The Labute approximate surface area is 147 Å². The van der Waals surface area contributed by atoms with E-state index in [0.29, 0.717) is 12.1 Å². The van der Waals surface area contributed by atoms with Crippen molar-refractivity contribution in [1.82, 2.24) is 4.53 Å². The van der Waals surface area contributed by atoms with Crippen LogP contribution >= 0.6 is 0 Å². The van der Waals surface area contributed by atoms with Crippen molar-refractivity contribution in [1.29, 1.82) is 0 Å². The molecule has 1 aromatic rings. The van der Waals surface area contributed by atoms with E-state index < -0.39 is 76.7 Å². The first-order chi connectivity index (χ1) is 11.9. The van der Waals surface area contributed by atoms with Gasteiger partial charge in [0.2, 0.25) is 0 Å². The van der Waals surface area contributed by atoms with E-state index in [-0.39, 0.29) is 0 Å². The molecule has 0 heterocycles. The van der Waals surface area contributed by atoms with Crippen LogP contribution in [0.3, 0.4) is 0 Å². The van der Waals surface area contributed by atoms with Gasteiger partial charge in [-0.3, -0.25) is 0 Å². The normalized spacial score (nSPS) is 13.7. The van der Waals surface area contributed by atoms with Gasteiger partial charge in [0.15, 0.2) is 21.0 Å². The van der Waals surface area contributed by atoms with Gasteiger partial charge in [-0.05, 0) is 23.1 Å². The molecule has 0 aliphatic carbocycles. The molecule has 0 N–H and O–H groups in total. The molecule has 0 spiro atoms. The lowest BCUT2D eigenvalue weighted by molar-refractivity contribution is 0.0588. The zero-order chi connectivity index (χ0) is 20.3. The van der Waals surface area contributed by atoms with E-state index in [0.717, 1.165) is 14.0 Å². The summed E-state index contributed by atoms with van der Waals surface area (Å²) < 4.78 is 106. The summed E-state index contributed by atoms with van der Waals surface area (Å²) in [6, 6.07) is 0.709. The second kappa shape index (κ2) is 8.31. The van der Waals surface area contributed by atoms with Gasteiger partial charge < -0.3 is 4.74 Å². The molecule has 0 bridgehead atoms. The van der Waals surface area contributed by atoms with Crippen LogP contribution in [0.15, 0.2) is 17.0 Å². The van der Waals surface area contributed by atoms with E-state index >= 15 is 0 Å². The first-order valence-electron chi connectivity index (χ1n) is 6.99. The molecule has 26 heavy (non-hydrogen) atoms. The van der Waals surface area contributed by atoms with Gasteiger partial charge in [0.05, 0.1) is 12.9 Å². The molecule has 0 saturated heterocycles. The number of hydrogen-bond acceptors (Lipinski definition) is 6. The Kier molecular flexibility index (Phi) is 7.13. The van der Waals surface area contributed by atoms with Gasteiger partial charge in [0.25, 0.3) is 10.0 Å². The third-order valence-electron chi connectivity index (χ3n) is 3.30. The Bertz CT molecular complexity index is 888. The largest absolute Gasteiger partial charge is 0.465 e. The van der Waals surface area contributed by atoms with Crippen molar-refractivity contribution in [2.24, 2.45) is 0 Å². The number of ether oxygens (including phenoxy) is 1. The van der Waals surface area contributed by atoms with Crippen LogP contribution in [0.5, 0.6) is 0 Å². The maximum atomic E-state index is 14.4. The minimum absolute atomic E-state index is 0.327. The number of nitrogens with zero attached hydrogens (tertiary/aromatic N) is 1. The number of sulfonamides is 1. The Morgan fingerprint density at radius 1 is 1.23 bits per heavy atom. The summed E-state index contributed by atoms with van der Waals surface area (Å²) in [5.41, 5.74) is -1.39. The van der Waals surface area contributed by atoms with E-state index in [9.17, 15) is 39.3 Å². The van der Waals surface area contributed by atoms with Gasteiger partial charge in [-0.1, -0.05) is 6.92 Å². The molecular formula is C13H15F4NO6S2. The number of methoxy groups -OCH3 is 1. The SMILES string of the molecule is CCC(N(F)S(=O)(=O)c1ccc(F)c(C(=O)OC)c1F)S(=O)(=O)CCF. The summed E-state index contributed by atoms with van der Waals surface area (Å²) >= 11 is 0. The summed E-state index contributed by atoms with van der Waals surface area (Å²) in [7, 11) is -9.23. The molecule has 0 saturated carbocycles. The average Bonchev–Trinajstić information content (AvgIpc) is 2.54. The van der Waals surface area contributed by atoms with Crippen LogP contribution in [-0.2, 0) is 24.6 Å². The van der Waals surface area contributed by atoms with Gasteiger partial charge in [-0.2, -0.15) is 0 Å². The molecule has 1 aromatic carbocycles. The van der Waals surface area contributed by atoms with E-state index in [1.54, 1.807) is 0 Å². The Morgan fingerprint density at radius 2 is 1.81 bits per heavy atom. The van der Waals surface area contributed by atoms with Crippen LogP contribution in [0.1, 0.15) is 23.7 Å². The smallest absolute Gasteiger partial charge is 0.343 e. The lowest BCUT2D eigenvalue weighted by Crippen LogP contribution is -2.41. The van der Waals surface area contributed by atoms with Crippen LogP contribution in [-0.4, -0.2) is 52.2 Å². The molecule has 7 nitrogen and oxygen atoms in total. The average molecular weight is 421 g/mol. The summed E-state index contributed by atoms with van der Waals surface area (Å²) in [4.78, 5) is 9.92. The van der Waals surface area contributed by atoms with Gasteiger partial charge in [0, 0.05) is 0 Å². The Hall–Kier alpha value is -1.73. The topological polar surface area (TPSA) is 97.8 Å². The highest BCUT2D eigenvalue weighted by Gasteiger charge is 2.41. The highest BCUT2D eigenvalue weighted by Crippen LogP contribution is 2.28. The van der Waals surface area contributed by atoms with Crippen LogP contribution in [0.2, 0.25) is 0 Å². The number of carbonyl (C=O) groups is 1. The number of esters is 1. The molecule has 1 atom stereocenters. The highest BCUT2D eigenvalue weighted by atomic mass is 32.2. The van der Waals surface area contributed by atoms with Crippen LogP contribution < -0.4 is 0 Å². The molecule has 0 aliphatic heterocycles. The van der Waals surface area contributed by atoms with Crippen molar-refractivity contribution < 1.29 is 44.0 Å². The molecule has 0 amide bonds. The fourth-order valence-electron chi connectivity index (χ4n) is 2.04. The molecule has 0 aliphatic rings. The standard InChI is InChI=1S/C13H15F4NO6S2/c1-3-10(25(20,21)7-6-14)18(17)26(22,23)9-5-4-8(15)11(12(9)16)13(19)24-2/h4-5,10H,3,6-7H2,1-2H3. The number of hydrogen-bond donors (Lipinski definition) is 0. The number of alkyl halides is 1. The van der Waals surface area contributed by atoms with Crippen molar-refractivity contribution >= 4 is 25.8 Å². The number of carbonyl (C=O) groups excluding carboxylic acids is 1. The molecular weight excluding hydrogens is 406 g/mol. The number of halogens is 4. The second-order valence-corrected chi connectivity index (χ2v) is 8.91. The monoisotopic (exact) mass is 421 g/mol. The predicted octanol–water partition coefficient (Wildman–Crippen LogP) is 1.75. The molecule has 0 radical (unpaired) electrons. The lowest BCUT2D eigenvalue weighted by Gasteiger charge is -2.22. The third kappa shape index (κ3) is 4.15. The highest BCUT2D eigenvalue weighted by molar-refractivity contribution is 7.94. The first kappa shape index (κ1) is 22.3. The fraction of sp³-hybridized carbons (Fsp3) is 0.462. The van der Waals surface area contributed by atoms with Crippen molar-refractivity contribution in [3.8, 4) is 0 Å². The Morgan fingerprint density at radius 3 is 2.27 bits per heavy atom. The van der Waals surface area contributed by atoms with Crippen LogP contribution in [0.25, 0.3) is 0 Å². The van der Waals surface area contributed by atoms with E-state index in [2.05, 4.69) is 4.74 Å². The van der Waals surface area contributed by atoms with Gasteiger partial charge >= 0.3 is 5.97 Å². The van der Waals surface area contributed by atoms with Gasteiger partial charge in [-0.25, -0.2) is 34.8 Å². The third-order valence-corrected chi connectivity index (χ3v) is 7.09. The van der Waals surface area contributed by atoms with E-state index in [4.69, 9.17) is 0 Å². The molecule has 0 aromatic heterocycles. The maximum absolute atomic E-state index is 14.4. The second-order valence-electron chi connectivity index (χ2n) is 4.89. The molecule has 1 unspecified atom stereocenters. The zero-order valence-corrected chi connectivity index (χ0v) is 15.2. The van der Waals surface area contributed by atoms with Crippen LogP contribution in [0, 0.1) is 11.6 Å². The minimum Gasteiger partial charge on any atom is -0.465 e. The Balaban J connectivity index is 3.53. The minimum atomic E-state index is -5.45. The zero-order valence-electron chi connectivity index (χ0n) is 13.6. The van der Waals surface area contributed by atoms with E-state index in [1.807, 2.05) is 0 Å². The van der Waals surface area contributed by atoms with E-state index in [1.165, 1.54) is 0 Å². The molecule has 1 rings (SSSR count). The summed E-state index contributed by atoms with van der Waals surface area (Å²) in [5.74, 6) is -6.12. The molecule has 148 valence electrons. The fourth-order valence-corrected chi connectivity index (χ4v) is 5.23. The van der Waals surface area contributed by atoms with Crippen molar-refractivity contribution in [2.75, 3.05) is 19.5 Å². The quantitative estimate of drug-likeness (QED) is 0.360. The first-order valence-corrected chi connectivity index (χ1v) is 10.1.